The smallest absolute Gasteiger partial charge is 0.338 e. The van der Waals surface area contributed by atoms with Gasteiger partial charge in [-0.15, -0.1) is 0 Å². The summed E-state index contributed by atoms with van der Waals surface area (Å²) >= 11 is 6.09. The van der Waals surface area contributed by atoms with Crippen LogP contribution in [0.3, 0.4) is 0 Å². The highest BCUT2D eigenvalue weighted by molar-refractivity contribution is 7.93. The van der Waals surface area contributed by atoms with Gasteiger partial charge >= 0.3 is 5.97 Å². The van der Waals surface area contributed by atoms with E-state index in [-0.39, 0.29) is 58.2 Å². The number of fused-ring (bicyclic) bond motifs is 1. The van der Waals surface area contributed by atoms with Crippen LogP contribution >= 0.6 is 11.6 Å². The molecule has 0 unspecified atom stereocenters. The number of amides is 1. The fraction of sp³-hybridized carbons (Fsp3) is 0.231. The van der Waals surface area contributed by atoms with Crippen LogP contribution in [0.1, 0.15) is 27.6 Å². The number of nitrogens with zero attached hydrogens (tertiary/aromatic N) is 1. The summed E-state index contributed by atoms with van der Waals surface area (Å²) in [6, 6.07) is 13.3. The first-order valence-electron chi connectivity index (χ1n) is 11.5. The van der Waals surface area contributed by atoms with Crippen molar-refractivity contribution in [1.82, 2.24) is 0 Å². The first-order chi connectivity index (χ1) is 18.2. The second-order valence-electron chi connectivity index (χ2n) is 8.00. The quantitative estimate of drug-likeness (QED) is 0.403. The molecule has 3 aromatic rings. The summed E-state index contributed by atoms with van der Waals surface area (Å²) in [5, 5.41) is 2.95. The number of carbonyl (C=O) groups excluding carboxylic acids is 2. The van der Waals surface area contributed by atoms with Gasteiger partial charge in [-0.3, -0.25) is 9.10 Å². The van der Waals surface area contributed by atoms with E-state index in [1.807, 2.05) is 0 Å². The zero-order valence-corrected chi connectivity index (χ0v) is 22.4. The van der Waals surface area contributed by atoms with E-state index in [4.69, 9.17) is 30.5 Å². The van der Waals surface area contributed by atoms with E-state index >= 15 is 0 Å². The lowest BCUT2D eigenvalue weighted by Gasteiger charge is -2.32. The van der Waals surface area contributed by atoms with Gasteiger partial charge in [-0.1, -0.05) is 11.6 Å². The van der Waals surface area contributed by atoms with Crippen LogP contribution in [0, 0.1) is 0 Å². The van der Waals surface area contributed by atoms with E-state index in [2.05, 4.69) is 5.32 Å². The number of methoxy groups -OCH3 is 2. The molecule has 1 aliphatic rings. The Labute approximate surface area is 225 Å². The topological polar surface area (TPSA) is 120 Å². The molecule has 3 aromatic carbocycles. The van der Waals surface area contributed by atoms with Crippen LogP contribution < -0.4 is 23.8 Å². The minimum absolute atomic E-state index is 0.0193. The predicted octanol–water partition coefficient (Wildman–Crippen LogP) is 4.37. The van der Waals surface area contributed by atoms with Gasteiger partial charge in [0.05, 0.1) is 38.6 Å². The number of sulfonamides is 1. The number of esters is 1. The fourth-order valence-corrected chi connectivity index (χ4v) is 5.74. The van der Waals surface area contributed by atoms with Crippen LogP contribution in [-0.2, 0) is 14.8 Å². The molecule has 0 aliphatic carbocycles. The Hall–Kier alpha value is -3.96. The van der Waals surface area contributed by atoms with Crippen molar-refractivity contribution in [2.75, 3.05) is 43.6 Å². The molecule has 200 valence electrons. The minimum atomic E-state index is -4.17. The van der Waals surface area contributed by atoms with Gasteiger partial charge < -0.3 is 24.3 Å². The van der Waals surface area contributed by atoms with Gasteiger partial charge in [-0.2, -0.15) is 0 Å². The number of hydrogen-bond donors (Lipinski definition) is 1. The molecular formula is C26H25ClN2O8S. The van der Waals surface area contributed by atoms with Gasteiger partial charge in [-0.05, 0) is 61.5 Å². The summed E-state index contributed by atoms with van der Waals surface area (Å²) in [7, 11) is -1.42. The van der Waals surface area contributed by atoms with Crippen LogP contribution in [0.4, 0.5) is 11.4 Å². The maximum atomic E-state index is 13.7. The van der Waals surface area contributed by atoms with E-state index < -0.39 is 21.9 Å². The second kappa shape index (κ2) is 11.2. The van der Waals surface area contributed by atoms with Crippen LogP contribution in [0.25, 0.3) is 0 Å². The number of halogens is 1. The largest absolute Gasteiger partial charge is 0.495 e. The van der Waals surface area contributed by atoms with Gasteiger partial charge in [0.1, 0.15) is 17.3 Å². The molecule has 38 heavy (non-hydrogen) atoms. The van der Waals surface area contributed by atoms with Crippen molar-refractivity contribution in [1.29, 1.82) is 0 Å². The zero-order chi connectivity index (χ0) is 27.4. The summed E-state index contributed by atoms with van der Waals surface area (Å²) < 4.78 is 50.0. The lowest BCUT2D eigenvalue weighted by atomic mass is 10.1. The predicted molar refractivity (Wildman–Crippen MR) is 141 cm³/mol. The highest BCUT2D eigenvalue weighted by atomic mass is 35.5. The van der Waals surface area contributed by atoms with Crippen molar-refractivity contribution < 1.29 is 37.0 Å². The summed E-state index contributed by atoms with van der Waals surface area (Å²) in [5.74, 6) is -0.517. The molecule has 0 spiro atoms. The number of nitrogens with one attached hydrogen (secondary N) is 1. The van der Waals surface area contributed by atoms with Crippen LogP contribution in [0.5, 0.6) is 17.2 Å². The van der Waals surface area contributed by atoms with E-state index in [1.54, 1.807) is 19.1 Å². The highest BCUT2D eigenvalue weighted by Crippen LogP contribution is 2.44. The maximum absolute atomic E-state index is 13.7. The van der Waals surface area contributed by atoms with Gasteiger partial charge in [0, 0.05) is 16.3 Å². The first kappa shape index (κ1) is 27.1. The Bertz CT molecular complexity index is 1480. The average Bonchev–Trinajstić information content (AvgIpc) is 2.92. The normalized spacial score (nSPS) is 12.7. The first-order valence-corrected chi connectivity index (χ1v) is 13.3. The van der Waals surface area contributed by atoms with Crippen LogP contribution in [0.15, 0.2) is 59.5 Å². The Morgan fingerprint density at radius 2 is 1.71 bits per heavy atom. The monoisotopic (exact) mass is 560 g/mol. The van der Waals surface area contributed by atoms with Gasteiger partial charge in [0.2, 0.25) is 0 Å². The third kappa shape index (κ3) is 5.34. The maximum Gasteiger partial charge on any atom is 0.338 e. The molecule has 4 rings (SSSR count). The van der Waals surface area contributed by atoms with Gasteiger partial charge in [0.15, 0.2) is 11.5 Å². The van der Waals surface area contributed by atoms with Crippen molar-refractivity contribution >= 4 is 44.9 Å². The number of hydrogen-bond acceptors (Lipinski definition) is 8. The van der Waals surface area contributed by atoms with Crippen molar-refractivity contribution in [2.45, 2.75) is 11.8 Å². The van der Waals surface area contributed by atoms with Crippen molar-refractivity contribution in [3.8, 4) is 17.2 Å². The molecule has 0 radical (unpaired) electrons. The molecule has 1 N–H and O–H groups in total. The summed E-state index contributed by atoms with van der Waals surface area (Å²) in [6.45, 7) is 2.00. The minimum Gasteiger partial charge on any atom is -0.495 e. The Balaban J connectivity index is 1.70. The number of ether oxygens (including phenoxy) is 4. The lowest BCUT2D eigenvalue weighted by Crippen LogP contribution is -2.38. The fourth-order valence-electron chi connectivity index (χ4n) is 3.88. The molecule has 0 saturated heterocycles. The third-order valence-corrected chi connectivity index (χ3v) is 7.74. The molecule has 0 saturated carbocycles. The molecule has 0 fully saturated rings. The highest BCUT2D eigenvalue weighted by Gasteiger charge is 2.35. The molecular weight excluding hydrogens is 536 g/mol. The van der Waals surface area contributed by atoms with Crippen LogP contribution in [-0.4, -0.2) is 54.3 Å². The number of anilines is 2. The Morgan fingerprint density at radius 3 is 2.37 bits per heavy atom. The van der Waals surface area contributed by atoms with E-state index in [0.29, 0.717) is 11.3 Å². The van der Waals surface area contributed by atoms with E-state index in [0.717, 1.165) is 4.31 Å². The third-order valence-electron chi connectivity index (χ3n) is 5.67. The van der Waals surface area contributed by atoms with Crippen LogP contribution in [0.2, 0.25) is 5.02 Å². The van der Waals surface area contributed by atoms with E-state index in [9.17, 15) is 18.0 Å². The van der Waals surface area contributed by atoms with Gasteiger partial charge in [0.25, 0.3) is 15.9 Å². The van der Waals surface area contributed by atoms with Crippen molar-refractivity contribution in [3.63, 3.8) is 0 Å². The second-order valence-corrected chi connectivity index (χ2v) is 10.3. The molecule has 10 nitrogen and oxygen atoms in total. The average molecular weight is 561 g/mol. The molecule has 0 aromatic heterocycles. The zero-order valence-electron chi connectivity index (χ0n) is 20.8. The molecule has 1 heterocycles. The molecule has 12 heteroatoms. The van der Waals surface area contributed by atoms with Crippen molar-refractivity contribution in [2.24, 2.45) is 0 Å². The summed E-state index contributed by atoms with van der Waals surface area (Å²) in [4.78, 5) is 24.9. The SMILES string of the molecule is CCOC(=O)c1ccc(NC(=O)c2cc(OC)c3c(c2)N(S(=O)(=O)c2cc(Cl)ccc2OC)CCO3)cc1. The van der Waals surface area contributed by atoms with Crippen molar-refractivity contribution in [3.05, 3.63) is 70.7 Å². The van der Waals surface area contributed by atoms with Gasteiger partial charge in [-0.25, -0.2) is 13.2 Å². The number of rotatable bonds is 8. The summed E-state index contributed by atoms with van der Waals surface area (Å²) in [6.07, 6.45) is 0. The number of benzene rings is 3. The summed E-state index contributed by atoms with van der Waals surface area (Å²) in [5.41, 5.74) is 1.01. The Morgan fingerprint density at radius 1 is 1.00 bits per heavy atom. The molecule has 0 bridgehead atoms. The lowest BCUT2D eigenvalue weighted by molar-refractivity contribution is 0.0526. The molecule has 0 atom stereocenters. The molecule has 1 aliphatic heterocycles. The standard InChI is InChI=1S/C26H25ClN2O8S/c1-4-36-26(31)16-5-8-19(9-6-16)28-25(30)17-13-20-24(22(14-17)35-3)37-12-11-29(20)38(32,33)23-15-18(27)7-10-21(23)34-2/h5-10,13-15H,4,11-12H2,1-3H3,(H,28,30). The van der Waals surface area contributed by atoms with E-state index in [1.165, 1.54) is 56.7 Å². The molecule has 1 amide bonds. The Kier molecular flexibility index (Phi) is 7.98. The number of carbonyl (C=O) groups is 2.